The standard InChI is InChI=1S/C17H26BrNO/c1-3-10-19-16(13-6-4-5-7-13)12-14-11-15(18)8-9-17(14)20-2/h8-9,11,13,16,19H,3-7,10,12H2,1-2H3. The van der Waals surface area contributed by atoms with Crippen molar-refractivity contribution in [2.45, 2.75) is 51.5 Å². The minimum atomic E-state index is 0.584. The highest BCUT2D eigenvalue weighted by Crippen LogP contribution is 2.32. The monoisotopic (exact) mass is 339 g/mol. The number of methoxy groups -OCH3 is 1. The van der Waals surface area contributed by atoms with E-state index in [4.69, 9.17) is 4.74 Å². The van der Waals surface area contributed by atoms with Crippen LogP contribution in [0.3, 0.4) is 0 Å². The molecule has 0 heterocycles. The summed E-state index contributed by atoms with van der Waals surface area (Å²) < 4.78 is 6.65. The van der Waals surface area contributed by atoms with Crippen LogP contribution in [-0.4, -0.2) is 19.7 Å². The van der Waals surface area contributed by atoms with Crippen LogP contribution in [0.4, 0.5) is 0 Å². The minimum absolute atomic E-state index is 0.584. The zero-order chi connectivity index (χ0) is 14.4. The van der Waals surface area contributed by atoms with E-state index in [1.807, 2.05) is 6.07 Å². The average molecular weight is 340 g/mol. The van der Waals surface area contributed by atoms with Crippen LogP contribution in [0.5, 0.6) is 5.75 Å². The number of halogens is 1. The lowest BCUT2D eigenvalue weighted by atomic mass is 9.91. The molecule has 1 aromatic carbocycles. The van der Waals surface area contributed by atoms with Gasteiger partial charge < -0.3 is 10.1 Å². The van der Waals surface area contributed by atoms with Gasteiger partial charge in [0.15, 0.2) is 0 Å². The molecule has 2 nitrogen and oxygen atoms in total. The van der Waals surface area contributed by atoms with E-state index in [0.717, 1.165) is 29.1 Å². The van der Waals surface area contributed by atoms with Crippen molar-refractivity contribution in [3.05, 3.63) is 28.2 Å². The Bertz CT molecular complexity index is 415. The van der Waals surface area contributed by atoms with Crippen molar-refractivity contribution in [3.63, 3.8) is 0 Å². The van der Waals surface area contributed by atoms with Crippen molar-refractivity contribution < 1.29 is 4.74 Å². The van der Waals surface area contributed by atoms with Gasteiger partial charge in [-0.05, 0) is 61.9 Å². The van der Waals surface area contributed by atoms with Gasteiger partial charge in [-0.15, -0.1) is 0 Å². The molecule has 20 heavy (non-hydrogen) atoms. The summed E-state index contributed by atoms with van der Waals surface area (Å²) in [5, 5.41) is 3.76. The molecule has 0 radical (unpaired) electrons. The van der Waals surface area contributed by atoms with Gasteiger partial charge in [-0.3, -0.25) is 0 Å². The van der Waals surface area contributed by atoms with Crippen molar-refractivity contribution in [2.24, 2.45) is 5.92 Å². The Kier molecular flexibility index (Phi) is 6.37. The van der Waals surface area contributed by atoms with E-state index in [-0.39, 0.29) is 0 Å². The van der Waals surface area contributed by atoms with E-state index in [2.05, 4.69) is 40.3 Å². The van der Waals surface area contributed by atoms with Crippen LogP contribution in [0, 0.1) is 5.92 Å². The van der Waals surface area contributed by atoms with E-state index in [9.17, 15) is 0 Å². The molecule has 3 heteroatoms. The fourth-order valence-corrected chi connectivity index (χ4v) is 3.65. The highest BCUT2D eigenvalue weighted by molar-refractivity contribution is 9.10. The Morgan fingerprint density at radius 1 is 1.35 bits per heavy atom. The zero-order valence-electron chi connectivity index (χ0n) is 12.6. The molecule has 1 aliphatic rings. The van der Waals surface area contributed by atoms with Crippen LogP contribution in [0.15, 0.2) is 22.7 Å². The highest BCUT2D eigenvalue weighted by Gasteiger charge is 2.25. The highest BCUT2D eigenvalue weighted by atomic mass is 79.9. The van der Waals surface area contributed by atoms with Gasteiger partial charge in [0.25, 0.3) is 0 Å². The molecule has 1 atom stereocenters. The van der Waals surface area contributed by atoms with Crippen molar-refractivity contribution in [3.8, 4) is 5.75 Å². The number of hydrogen-bond acceptors (Lipinski definition) is 2. The molecule has 1 fully saturated rings. The zero-order valence-corrected chi connectivity index (χ0v) is 14.2. The largest absolute Gasteiger partial charge is 0.496 e. The third-order valence-electron chi connectivity index (χ3n) is 4.31. The lowest BCUT2D eigenvalue weighted by Gasteiger charge is -2.25. The molecular weight excluding hydrogens is 314 g/mol. The first-order valence-corrected chi connectivity index (χ1v) is 8.59. The van der Waals surface area contributed by atoms with E-state index < -0.39 is 0 Å². The Balaban J connectivity index is 2.11. The third kappa shape index (κ3) is 4.23. The smallest absolute Gasteiger partial charge is 0.122 e. The van der Waals surface area contributed by atoms with Gasteiger partial charge in [-0.1, -0.05) is 35.7 Å². The molecule has 0 amide bonds. The summed E-state index contributed by atoms with van der Waals surface area (Å²) in [7, 11) is 1.76. The third-order valence-corrected chi connectivity index (χ3v) is 4.80. The van der Waals surface area contributed by atoms with E-state index in [1.165, 1.54) is 37.7 Å². The van der Waals surface area contributed by atoms with E-state index in [1.54, 1.807) is 7.11 Å². The summed E-state index contributed by atoms with van der Waals surface area (Å²) in [6, 6.07) is 6.90. The Hall–Kier alpha value is -0.540. The van der Waals surface area contributed by atoms with E-state index >= 15 is 0 Å². The molecule has 0 saturated heterocycles. The van der Waals surface area contributed by atoms with Crippen LogP contribution in [0.2, 0.25) is 0 Å². The van der Waals surface area contributed by atoms with Crippen LogP contribution < -0.4 is 10.1 Å². The molecule has 1 N–H and O–H groups in total. The SMILES string of the molecule is CCCNC(Cc1cc(Br)ccc1OC)C1CCCC1. The van der Waals surface area contributed by atoms with Gasteiger partial charge in [0.05, 0.1) is 7.11 Å². The maximum absolute atomic E-state index is 5.52. The Morgan fingerprint density at radius 2 is 2.10 bits per heavy atom. The van der Waals surface area contributed by atoms with Gasteiger partial charge in [-0.25, -0.2) is 0 Å². The first-order chi connectivity index (χ1) is 9.74. The second kappa shape index (κ2) is 8.04. The summed E-state index contributed by atoms with van der Waals surface area (Å²) in [4.78, 5) is 0. The van der Waals surface area contributed by atoms with Crippen LogP contribution in [-0.2, 0) is 6.42 Å². The van der Waals surface area contributed by atoms with Gasteiger partial charge >= 0.3 is 0 Å². The van der Waals surface area contributed by atoms with Gasteiger partial charge in [-0.2, -0.15) is 0 Å². The molecule has 112 valence electrons. The summed E-state index contributed by atoms with van der Waals surface area (Å²) in [6.45, 7) is 3.34. The van der Waals surface area contributed by atoms with Crippen LogP contribution >= 0.6 is 15.9 Å². The van der Waals surface area contributed by atoms with Crippen molar-refractivity contribution in [2.75, 3.05) is 13.7 Å². The molecular formula is C17H26BrNO. The summed E-state index contributed by atoms with van der Waals surface area (Å²) >= 11 is 3.58. The quantitative estimate of drug-likeness (QED) is 0.786. The van der Waals surface area contributed by atoms with Crippen molar-refractivity contribution >= 4 is 15.9 Å². The maximum atomic E-state index is 5.52. The molecule has 0 aliphatic heterocycles. The van der Waals surface area contributed by atoms with E-state index in [0.29, 0.717) is 6.04 Å². The number of benzene rings is 1. The molecule has 1 unspecified atom stereocenters. The molecule has 1 saturated carbocycles. The number of rotatable bonds is 7. The summed E-state index contributed by atoms with van der Waals surface area (Å²) in [5.74, 6) is 1.83. The Labute approximate surface area is 131 Å². The molecule has 0 bridgehead atoms. The predicted octanol–water partition coefficient (Wildman–Crippen LogP) is 4.56. The first-order valence-electron chi connectivity index (χ1n) is 7.80. The molecule has 1 aliphatic carbocycles. The number of hydrogen-bond donors (Lipinski definition) is 1. The molecule has 0 spiro atoms. The maximum Gasteiger partial charge on any atom is 0.122 e. The topological polar surface area (TPSA) is 21.3 Å². The van der Waals surface area contributed by atoms with Gasteiger partial charge in [0, 0.05) is 10.5 Å². The second-order valence-electron chi connectivity index (χ2n) is 5.77. The van der Waals surface area contributed by atoms with Gasteiger partial charge in [0.1, 0.15) is 5.75 Å². The summed E-state index contributed by atoms with van der Waals surface area (Å²) in [6.07, 6.45) is 7.79. The number of ether oxygens (including phenoxy) is 1. The lowest BCUT2D eigenvalue weighted by Crippen LogP contribution is -2.37. The van der Waals surface area contributed by atoms with Crippen molar-refractivity contribution in [1.29, 1.82) is 0 Å². The fraction of sp³-hybridized carbons (Fsp3) is 0.647. The predicted molar refractivity (Wildman–Crippen MR) is 88.4 cm³/mol. The molecule has 1 aromatic rings. The Morgan fingerprint density at radius 3 is 2.75 bits per heavy atom. The van der Waals surface area contributed by atoms with Gasteiger partial charge in [0.2, 0.25) is 0 Å². The normalized spacial score (nSPS) is 17.4. The average Bonchev–Trinajstić information content (AvgIpc) is 2.97. The fourth-order valence-electron chi connectivity index (χ4n) is 3.24. The van der Waals surface area contributed by atoms with Crippen LogP contribution in [0.1, 0.15) is 44.6 Å². The summed E-state index contributed by atoms with van der Waals surface area (Å²) in [5.41, 5.74) is 1.31. The number of nitrogens with one attached hydrogen (secondary N) is 1. The minimum Gasteiger partial charge on any atom is -0.496 e. The van der Waals surface area contributed by atoms with Crippen molar-refractivity contribution in [1.82, 2.24) is 5.32 Å². The molecule has 2 rings (SSSR count). The molecule has 0 aromatic heterocycles. The van der Waals surface area contributed by atoms with Crippen LogP contribution in [0.25, 0.3) is 0 Å². The lowest BCUT2D eigenvalue weighted by molar-refractivity contribution is 0.348. The first kappa shape index (κ1) is 15.8. The second-order valence-corrected chi connectivity index (χ2v) is 6.68.